The molecule has 0 spiro atoms. The molecule has 8 aromatic rings. The minimum absolute atomic E-state index is 0. The maximum Gasteiger partial charge on any atom is 2.00 e. The summed E-state index contributed by atoms with van der Waals surface area (Å²) >= 11 is 12.5. The minimum Gasteiger partial charge on any atom is -0.870 e. The third kappa shape index (κ3) is 14.2. The van der Waals surface area contributed by atoms with Gasteiger partial charge in [-0.05, 0) is 121 Å². The number of phenolic OH excluding ortho intramolecular Hbond substituents is 1. The minimum atomic E-state index is -4.88. The summed E-state index contributed by atoms with van der Waals surface area (Å²) in [7, 11) is -9.51. The number of hydrogen-bond acceptors (Lipinski definition) is 15. The Hall–Kier alpha value is -6.41. The van der Waals surface area contributed by atoms with Crippen LogP contribution in [0.4, 0.5) is 34.1 Å². The fraction of sp³-hybridized carbons (Fsp3) is 0.148. The number of amides is 2. The van der Waals surface area contributed by atoms with Crippen LogP contribution in [0.2, 0.25) is 10.0 Å². The van der Waals surface area contributed by atoms with Crippen molar-refractivity contribution in [3.05, 3.63) is 166 Å². The average Bonchev–Trinajstić information content (AvgIpc) is 3.40. The maximum absolute atomic E-state index is 13.4. The number of phenols is 1. The Balaban J connectivity index is 0.000000246. The fourth-order valence-electron chi connectivity index (χ4n) is 7.81. The summed E-state index contributed by atoms with van der Waals surface area (Å²) in [6.07, 6.45) is 0.567. The van der Waals surface area contributed by atoms with Gasteiger partial charge in [0.2, 0.25) is 0 Å². The normalized spacial score (nSPS) is 11.5. The first-order valence-electron chi connectivity index (χ1n) is 23.2. The number of anilines is 2. The second-order valence-corrected chi connectivity index (χ2v) is 19.7. The molecule has 0 radical (unpaired) electrons. The first-order chi connectivity index (χ1) is 36.3. The summed E-state index contributed by atoms with van der Waals surface area (Å²) in [6.45, 7) is 8.14. The first-order valence-corrected chi connectivity index (χ1v) is 26.8. The molecule has 0 saturated carbocycles. The van der Waals surface area contributed by atoms with Crippen molar-refractivity contribution in [2.45, 2.75) is 50.3 Å². The predicted octanol–water partition coefficient (Wildman–Crippen LogP) is 12.8. The molecule has 392 valence electrons. The zero-order valence-corrected chi connectivity index (χ0v) is 49.2. The van der Waals surface area contributed by atoms with Crippen molar-refractivity contribution in [1.82, 2.24) is 0 Å². The standard InChI is InChI=1S/2C27H24ClN3O6S.Ba/c2*1-3-16-9-14-22(23(28)26(16)38(34,35)36)30-31-24-20-8-6-5-7-17(20)15-21(25(24)32)27(33)29-18-10-12-19(13-11-18)37-4-2;/h2*5-15,32H,3-4H2,1-2H3,(H,29,33)(H,34,35,36);/q;;+2/p-2. The molecule has 0 bridgehead atoms. The molecule has 0 aliphatic heterocycles. The summed E-state index contributed by atoms with van der Waals surface area (Å²) < 4.78 is 79.7. The average molecular weight is 1240 g/mol. The van der Waals surface area contributed by atoms with E-state index in [1.165, 1.54) is 36.4 Å². The maximum atomic E-state index is 13.4. The van der Waals surface area contributed by atoms with Gasteiger partial charge in [0.05, 0.1) is 39.4 Å². The summed E-state index contributed by atoms with van der Waals surface area (Å²) in [5.41, 5.74) is 1.02. The van der Waals surface area contributed by atoms with Crippen LogP contribution in [0.5, 0.6) is 23.0 Å². The van der Waals surface area contributed by atoms with Crippen LogP contribution >= 0.6 is 23.2 Å². The van der Waals surface area contributed by atoms with Gasteiger partial charge in [0.1, 0.15) is 43.6 Å². The topological polar surface area (TPSA) is 281 Å². The largest absolute Gasteiger partial charge is 2.00 e. The van der Waals surface area contributed by atoms with Gasteiger partial charge in [0, 0.05) is 27.7 Å². The molecule has 8 rings (SSSR count). The monoisotopic (exact) mass is 1240 g/mol. The number of aromatic hydroxyl groups is 1. The second-order valence-electron chi connectivity index (χ2n) is 16.3. The number of hydrogen-bond donors (Lipinski definition) is 4. The van der Waals surface area contributed by atoms with Crippen molar-refractivity contribution in [3.8, 4) is 23.0 Å². The van der Waals surface area contributed by atoms with E-state index in [1.807, 2.05) is 13.8 Å². The number of rotatable bonds is 16. The van der Waals surface area contributed by atoms with Crippen LogP contribution in [0, 0.1) is 0 Å². The molecule has 4 N–H and O–H groups in total. The van der Waals surface area contributed by atoms with E-state index in [0.717, 1.165) is 0 Å². The number of nitrogens with one attached hydrogen (secondary N) is 2. The number of carbonyl (C=O) groups excluding carboxylic acids is 2. The van der Waals surface area contributed by atoms with Gasteiger partial charge in [0.25, 0.3) is 21.9 Å². The summed E-state index contributed by atoms with van der Waals surface area (Å²) in [5, 5.41) is 47.5. The number of benzene rings is 8. The number of carbonyl (C=O) groups is 2. The molecule has 0 aliphatic rings. The van der Waals surface area contributed by atoms with Crippen molar-refractivity contribution in [2.24, 2.45) is 20.5 Å². The first kappa shape index (κ1) is 59.8. The third-order valence-corrected chi connectivity index (χ3v) is 14.3. The van der Waals surface area contributed by atoms with E-state index in [1.54, 1.807) is 111 Å². The molecule has 0 atom stereocenters. The molecular weight excluding hydrogens is 1200 g/mol. The molecule has 18 nitrogen and oxygen atoms in total. The number of aryl methyl sites for hydroxylation is 2. The van der Waals surface area contributed by atoms with E-state index in [9.17, 15) is 45.7 Å². The second kappa shape index (κ2) is 26.3. The van der Waals surface area contributed by atoms with E-state index < -0.39 is 53.3 Å². The molecule has 0 unspecified atom stereocenters. The Morgan fingerprint density at radius 2 is 1.00 bits per heavy atom. The summed E-state index contributed by atoms with van der Waals surface area (Å²) in [6, 6.07) is 36.0. The smallest absolute Gasteiger partial charge is 0.870 e. The van der Waals surface area contributed by atoms with Gasteiger partial charge in [-0.15, -0.1) is 15.3 Å². The zero-order chi connectivity index (χ0) is 54.9. The van der Waals surface area contributed by atoms with Gasteiger partial charge in [0.15, 0.2) is 5.75 Å². The number of halogens is 2. The van der Waals surface area contributed by atoms with Crippen LogP contribution in [-0.2, 0) is 33.1 Å². The molecule has 2 amide bonds. The zero-order valence-electron chi connectivity index (χ0n) is 41.6. The van der Waals surface area contributed by atoms with Gasteiger partial charge in [-0.1, -0.05) is 103 Å². The Labute approximate surface area is 493 Å². The van der Waals surface area contributed by atoms with Crippen molar-refractivity contribution in [2.75, 3.05) is 23.8 Å². The van der Waals surface area contributed by atoms with Crippen molar-refractivity contribution < 1.29 is 55.2 Å². The van der Waals surface area contributed by atoms with Gasteiger partial charge in [-0.3, -0.25) is 14.1 Å². The fourth-order valence-corrected chi connectivity index (χ4v) is 10.6. The van der Waals surface area contributed by atoms with Crippen LogP contribution in [0.3, 0.4) is 0 Å². The Bertz CT molecular complexity index is 3560. The Morgan fingerprint density at radius 3 is 1.45 bits per heavy atom. The molecule has 0 saturated heterocycles. The molecular formula is C54H46BaCl2N6O12S2. The molecule has 23 heteroatoms. The SMILES string of the molecule is CCOc1ccc(NC(=O)c2cc3ccccc3c(N=Nc3ccc(CC)c(S(=O)(=O)O)c3Cl)c2O)cc1.CCOc1ccc(NC(=O)c2cc3ccccc3c(N=Nc3ccc(CC)c(S(=O)(=O)[O-])c3Cl)c2[O-])cc1.[Ba+2]. The van der Waals surface area contributed by atoms with E-state index in [0.29, 0.717) is 69.6 Å². The van der Waals surface area contributed by atoms with Crippen LogP contribution < -0.4 is 25.2 Å². The van der Waals surface area contributed by atoms with Crippen LogP contribution in [0.15, 0.2) is 164 Å². The summed E-state index contributed by atoms with van der Waals surface area (Å²) in [4.78, 5) is 25.1. The molecule has 0 aliphatic carbocycles. The predicted molar refractivity (Wildman–Crippen MR) is 294 cm³/mol. The van der Waals surface area contributed by atoms with Gasteiger partial charge in [-0.2, -0.15) is 13.5 Å². The Morgan fingerprint density at radius 1 is 0.584 bits per heavy atom. The number of fused-ring (bicyclic) bond motifs is 2. The van der Waals surface area contributed by atoms with Gasteiger partial charge < -0.3 is 34.9 Å². The van der Waals surface area contributed by atoms with Gasteiger partial charge >= 0.3 is 48.9 Å². The van der Waals surface area contributed by atoms with E-state index >= 15 is 0 Å². The van der Waals surface area contributed by atoms with E-state index in [2.05, 4.69) is 31.1 Å². The van der Waals surface area contributed by atoms with E-state index in [-0.39, 0.29) is 105 Å². The number of azo groups is 2. The van der Waals surface area contributed by atoms with Crippen LogP contribution in [0.25, 0.3) is 21.5 Å². The van der Waals surface area contributed by atoms with Crippen LogP contribution in [0.1, 0.15) is 59.5 Å². The van der Waals surface area contributed by atoms with Crippen molar-refractivity contribution in [1.29, 1.82) is 0 Å². The van der Waals surface area contributed by atoms with E-state index in [4.69, 9.17) is 32.7 Å². The number of nitrogens with zero attached hydrogens (tertiary/aromatic N) is 4. The van der Waals surface area contributed by atoms with Crippen molar-refractivity contribution >= 4 is 160 Å². The van der Waals surface area contributed by atoms with Gasteiger partial charge in [-0.25, -0.2) is 8.42 Å². The molecule has 0 fully saturated rings. The quantitative estimate of drug-likeness (QED) is 0.0399. The molecule has 0 heterocycles. The third-order valence-electron chi connectivity index (χ3n) is 11.4. The molecule has 8 aromatic carbocycles. The number of ether oxygens (including phenoxy) is 2. The Kier molecular flexibility index (Phi) is 20.4. The van der Waals surface area contributed by atoms with Crippen molar-refractivity contribution in [3.63, 3.8) is 0 Å². The molecule has 77 heavy (non-hydrogen) atoms. The molecule has 0 aromatic heterocycles. The summed E-state index contributed by atoms with van der Waals surface area (Å²) in [5.74, 6) is -1.04. The van der Waals surface area contributed by atoms with Crippen LogP contribution in [-0.4, -0.2) is 105 Å².